The highest BCUT2D eigenvalue weighted by atomic mass is 32.1. The van der Waals surface area contributed by atoms with Gasteiger partial charge in [-0.05, 0) is 79.2 Å². The predicted molar refractivity (Wildman–Crippen MR) is 244 cm³/mol. The van der Waals surface area contributed by atoms with E-state index in [1.54, 1.807) is 11.3 Å². The smallest absolute Gasteiger partial charge is 0.160 e. The Kier molecular flexibility index (Phi) is 6.81. The number of ether oxygens (including phenoxy) is 1. The van der Waals surface area contributed by atoms with Crippen LogP contribution in [0.2, 0.25) is 0 Å². The standard InChI is InChI=1S/C55H32N2OS/c1-3-15-38-33(12-1)14-11-18-39(38)35-24-26-36(27-25-35)54-56-51(53-52(57-54)42-17-5-10-23-49(42)59-53)37-28-30-41-46(32-37)55(45-31-29-34-13-2-4-16-40(34)50(41)45)43-19-6-8-21-47(43)58-48-22-9-7-20-44(48)55/h1-32H. The fourth-order valence-electron chi connectivity index (χ4n) is 10.0. The van der Waals surface area contributed by atoms with Gasteiger partial charge >= 0.3 is 0 Å². The van der Waals surface area contributed by atoms with Crippen LogP contribution in [0.5, 0.6) is 11.5 Å². The van der Waals surface area contributed by atoms with Crippen LogP contribution in [0.15, 0.2) is 194 Å². The van der Waals surface area contributed by atoms with Crippen LogP contribution in [0.1, 0.15) is 22.3 Å². The zero-order valence-corrected chi connectivity index (χ0v) is 32.5. The maximum atomic E-state index is 6.69. The van der Waals surface area contributed by atoms with Crippen molar-refractivity contribution in [3.63, 3.8) is 0 Å². The first kappa shape index (κ1) is 32.7. The second-order valence-electron chi connectivity index (χ2n) is 15.6. The molecule has 0 radical (unpaired) electrons. The van der Waals surface area contributed by atoms with E-state index in [4.69, 9.17) is 14.7 Å². The molecule has 0 unspecified atom stereocenters. The summed E-state index contributed by atoms with van der Waals surface area (Å²) in [7, 11) is 0. The van der Waals surface area contributed by atoms with Crippen molar-refractivity contribution in [2.24, 2.45) is 0 Å². The van der Waals surface area contributed by atoms with Crippen molar-refractivity contribution in [2.45, 2.75) is 5.41 Å². The largest absolute Gasteiger partial charge is 0.457 e. The van der Waals surface area contributed by atoms with E-state index in [0.717, 1.165) is 55.0 Å². The molecule has 0 atom stereocenters. The van der Waals surface area contributed by atoms with Crippen molar-refractivity contribution in [2.75, 3.05) is 0 Å². The van der Waals surface area contributed by atoms with Gasteiger partial charge in [-0.15, -0.1) is 11.3 Å². The fraction of sp³-hybridized carbons (Fsp3) is 0.0182. The van der Waals surface area contributed by atoms with Crippen LogP contribution in [-0.2, 0) is 5.41 Å². The third kappa shape index (κ3) is 4.58. The highest BCUT2D eigenvalue weighted by molar-refractivity contribution is 7.26. The Hall–Kier alpha value is -7.40. The minimum atomic E-state index is -0.608. The van der Waals surface area contributed by atoms with Gasteiger partial charge in [0, 0.05) is 32.3 Å². The maximum absolute atomic E-state index is 6.69. The van der Waals surface area contributed by atoms with Gasteiger partial charge < -0.3 is 4.74 Å². The number of aromatic nitrogens is 2. The lowest BCUT2D eigenvalue weighted by molar-refractivity contribution is 0.436. The second-order valence-corrected chi connectivity index (χ2v) is 16.6. The summed E-state index contributed by atoms with van der Waals surface area (Å²) in [5.74, 6) is 2.48. The molecule has 4 heteroatoms. The Labute approximate surface area is 344 Å². The van der Waals surface area contributed by atoms with Crippen LogP contribution in [-0.4, -0.2) is 9.97 Å². The van der Waals surface area contributed by atoms with Crippen LogP contribution < -0.4 is 4.74 Å². The Morgan fingerprint density at radius 3 is 1.85 bits per heavy atom. The van der Waals surface area contributed by atoms with E-state index in [0.29, 0.717) is 5.82 Å². The quantitative estimate of drug-likeness (QED) is 0.180. The highest BCUT2D eigenvalue weighted by Crippen LogP contribution is 2.63. The molecule has 2 aliphatic rings. The summed E-state index contributed by atoms with van der Waals surface area (Å²) in [6, 6.07) is 70.0. The van der Waals surface area contributed by atoms with E-state index in [9.17, 15) is 0 Å². The van der Waals surface area contributed by atoms with E-state index in [1.807, 2.05) is 0 Å². The fourth-order valence-corrected chi connectivity index (χ4v) is 11.2. The predicted octanol–water partition coefficient (Wildman–Crippen LogP) is 14.6. The van der Waals surface area contributed by atoms with E-state index < -0.39 is 5.41 Å². The van der Waals surface area contributed by atoms with E-state index >= 15 is 0 Å². The van der Waals surface area contributed by atoms with Gasteiger partial charge in [-0.25, -0.2) is 9.97 Å². The molecule has 3 nitrogen and oxygen atoms in total. The van der Waals surface area contributed by atoms with Crippen LogP contribution in [0.25, 0.3) is 86.7 Å². The average molecular weight is 769 g/mol. The molecule has 1 spiro atoms. The third-order valence-electron chi connectivity index (χ3n) is 12.6. The number of hydrogen-bond acceptors (Lipinski definition) is 4. The van der Waals surface area contributed by atoms with Crippen molar-refractivity contribution in [1.82, 2.24) is 9.97 Å². The zero-order valence-electron chi connectivity index (χ0n) is 31.7. The lowest BCUT2D eigenvalue weighted by Crippen LogP contribution is -2.32. The van der Waals surface area contributed by atoms with Crippen molar-refractivity contribution in [3.8, 4) is 56.4 Å². The number of rotatable bonds is 3. The molecular formula is C55H32N2OS. The molecular weight excluding hydrogens is 737 g/mol. The molecule has 0 bridgehead atoms. The number of para-hydroxylation sites is 2. The van der Waals surface area contributed by atoms with Gasteiger partial charge in [0.05, 0.1) is 21.3 Å². The molecule has 0 fully saturated rings. The molecule has 13 rings (SSSR count). The Balaban J connectivity index is 1.07. The molecule has 2 aromatic heterocycles. The molecule has 11 aromatic rings. The van der Waals surface area contributed by atoms with Crippen LogP contribution in [0.4, 0.5) is 0 Å². The number of fused-ring (bicyclic) bond motifs is 15. The summed E-state index contributed by atoms with van der Waals surface area (Å²) in [4.78, 5) is 10.8. The van der Waals surface area contributed by atoms with Gasteiger partial charge in [-0.2, -0.15) is 0 Å². The van der Waals surface area contributed by atoms with Crippen molar-refractivity contribution in [1.29, 1.82) is 0 Å². The van der Waals surface area contributed by atoms with Crippen LogP contribution in [0.3, 0.4) is 0 Å². The van der Waals surface area contributed by atoms with E-state index in [1.165, 1.54) is 59.6 Å². The second kappa shape index (κ2) is 12.3. The highest BCUT2D eigenvalue weighted by Gasteiger charge is 2.51. The van der Waals surface area contributed by atoms with Gasteiger partial charge in [0.15, 0.2) is 5.82 Å². The minimum absolute atomic E-state index is 0.608. The van der Waals surface area contributed by atoms with Crippen molar-refractivity contribution in [3.05, 3.63) is 216 Å². The number of thiophene rings is 1. The number of benzene rings is 9. The number of nitrogens with zero attached hydrogens (tertiary/aromatic N) is 2. The molecule has 0 saturated heterocycles. The average Bonchev–Trinajstić information content (AvgIpc) is 3.82. The van der Waals surface area contributed by atoms with Gasteiger partial charge in [-0.1, -0.05) is 170 Å². The Bertz CT molecular complexity index is 3500. The van der Waals surface area contributed by atoms with Gasteiger partial charge in [0.1, 0.15) is 11.5 Å². The van der Waals surface area contributed by atoms with Crippen molar-refractivity contribution < 1.29 is 4.74 Å². The van der Waals surface area contributed by atoms with Gasteiger partial charge in [-0.3, -0.25) is 0 Å². The summed E-state index contributed by atoms with van der Waals surface area (Å²) in [5.41, 5.74) is 13.1. The molecule has 0 amide bonds. The van der Waals surface area contributed by atoms with E-state index in [-0.39, 0.29) is 0 Å². The lowest BCUT2D eigenvalue weighted by Gasteiger charge is -2.39. The molecule has 1 aliphatic heterocycles. The first-order chi connectivity index (χ1) is 29.2. The number of hydrogen-bond donors (Lipinski definition) is 0. The maximum Gasteiger partial charge on any atom is 0.160 e. The first-order valence-corrected chi connectivity index (χ1v) is 20.9. The molecule has 0 N–H and O–H groups in total. The Morgan fingerprint density at radius 2 is 1.05 bits per heavy atom. The topological polar surface area (TPSA) is 35.0 Å². The molecule has 0 saturated carbocycles. The summed E-state index contributed by atoms with van der Waals surface area (Å²) < 4.78 is 8.98. The van der Waals surface area contributed by atoms with Crippen LogP contribution in [0, 0.1) is 0 Å². The lowest BCUT2D eigenvalue weighted by atomic mass is 9.66. The molecule has 3 heterocycles. The zero-order chi connectivity index (χ0) is 38.7. The van der Waals surface area contributed by atoms with Crippen molar-refractivity contribution >= 4 is 53.2 Å². The third-order valence-corrected chi connectivity index (χ3v) is 13.7. The summed E-state index contributed by atoms with van der Waals surface area (Å²) in [5, 5.41) is 6.10. The monoisotopic (exact) mass is 768 g/mol. The molecule has 1 aliphatic carbocycles. The minimum Gasteiger partial charge on any atom is -0.457 e. The van der Waals surface area contributed by atoms with Gasteiger partial charge in [0.25, 0.3) is 0 Å². The molecule has 59 heavy (non-hydrogen) atoms. The van der Waals surface area contributed by atoms with E-state index in [2.05, 4.69) is 194 Å². The summed E-state index contributed by atoms with van der Waals surface area (Å²) in [6.45, 7) is 0. The SMILES string of the molecule is c1ccc2c(c1)Oc1ccccc1C21c2cc(-c3nc(-c4ccc(-c5cccc6ccccc56)cc4)nc4c3sc3ccccc34)ccc2-c2c1ccc1ccccc21. The Morgan fingerprint density at radius 1 is 0.424 bits per heavy atom. The molecule has 9 aromatic carbocycles. The summed E-state index contributed by atoms with van der Waals surface area (Å²) in [6.07, 6.45) is 0. The normalized spacial score (nSPS) is 13.4. The first-order valence-electron chi connectivity index (χ1n) is 20.1. The van der Waals surface area contributed by atoms with Crippen LogP contribution >= 0.6 is 11.3 Å². The molecule has 274 valence electrons. The van der Waals surface area contributed by atoms with Gasteiger partial charge in [0.2, 0.25) is 0 Å². The summed E-state index contributed by atoms with van der Waals surface area (Å²) >= 11 is 1.77.